The topological polar surface area (TPSA) is 55.4 Å². The second-order valence-electron chi connectivity index (χ2n) is 2.96. The van der Waals surface area contributed by atoms with Crippen LogP contribution in [0.4, 0.5) is 0 Å². The highest BCUT2D eigenvalue weighted by Gasteiger charge is 2.18. The molecule has 82 valence electrons. The van der Waals surface area contributed by atoms with Crippen LogP contribution >= 0.6 is 12.6 Å². The van der Waals surface area contributed by atoms with Crippen LogP contribution in [0.25, 0.3) is 0 Å². The average molecular weight is 219 g/mol. The lowest BCUT2D eigenvalue weighted by Gasteiger charge is -2.13. The number of hydrogen-bond acceptors (Lipinski definition) is 4. The van der Waals surface area contributed by atoms with Crippen LogP contribution in [0.5, 0.6) is 0 Å². The number of ether oxygens (including phenoxy) is 1. The fourth-order valence-electron chi connectivity index (χ4n) is 0.842. The maximum Gasteiger partial charge on any atom is 0.329 e. The van der Waals surface area contributed by atoms with Crippen LogP contribution in [0, 0.1) is 0 Å². The quantitative estimate of drug-likeness (QED) is 0.394. The lowest BCUT2D eigenvalue weighted by atomic mass is 10.3. The molecule has 0 aliphatic rings. The van der Waals surface area contributed by atoms with Crippen molar-refractivity contribution in [2.45, 2.75) is 32.7 Å². The first-order valence-electron chi connectivity index (χ1n) is 4.66. The molecule has 1 N–H and O–H groups in total. The average Bonchev–Trinajstić information content (AvgIpc) is 2.14. The number of esters is 1. The normalized spacial score (nSPS) is 11.9. The molecule has 0 aliphatic carbocycles. The van der Waals surface area contributed by atoms with Crippen LogP contribution in [-0.4, -0.2) is 30.3 Å². The molecule has 0 aromatic heterocycles. The third-order valence-corrected chi connectivity index (χ3v) is 1.95. The number of nitrogens with one attached hydrogen (secondary N) is 1. The molecule has 0 saturated carbocycles. The van der Waals surface area contributed by atoms with Crippen LogP contribution in [-0.2, 0) is 14.3 Å². The summed E-state index contributed by atoms with van der Waals surface area (Å²) in [6.07, 6.45) is 1.81. The molecular weight excluding hydrogens is 202 g/mol. The van der Waals surface area contributed by atoms with Crippen molar-refractivity contribution < 1.29 is 14.3 Å². The Labute approximate surface area is 89.8 Å². The number of hydrogen-bond donors (Lipinski definition) is 2. The molecule has 4 nitrogen and oxygen atoms in total. The Morgan fingerprint density at radius 1 is 1.50 bits per heavy atom. The highest BCUT2D eigenvalue weighted by atomic mass is 32.1. The maximum atomic E-state index is 11.3. The minimum atomic E-state index is -0.632. The van der Waals surface area contributed by atoms with E-state index in [2.05, 4.69) is 17.9 Å². The lowest BCUT2D eigenvalue weighted by molar-refractivity contribution is -0.147. The largest absolute Gasteiger partial charge is 0.464 e. The standard InChI is InChI=1S/C9H17NO3S/c1-3-4-5-13-9(12)8(6-14)10-7(2)11/h8,14H,3-6H2,1-2H3,(H,10,11). The molecule has 0 aliphatic heterocycles. The highest BCUT2D eigenvalue weighted by Crippen LogP contribution is 1.95. The van der Waals surface area contributed by atoms with E-state index in [9.17, 15) is 9.59 Å². The second-order valence-corrected chi connectivity index (χ2v) is 3.32. The molecule has 14 heavy (non-hydrogen) atoms. The minimum Gasteiger partial charge on any atom is -0.464 e. The van der Waals surface area contributed by atoms with E-state index in [0.717, 1.165) is 12.8 Å². The van der Waals surface area contributed by atoms with Crippen molar-refractivity contribution >= 4 is 24.5 Å². The number of thiol groups is 1. The van der Waals surface area contributed by atoms with Crippen LogP contribution in [0.2, 0.25) is 0 Å². The second kappa shape index (κ2) is 7.67. The Balaban J connectivity index is 3.85. The van der Waals surface area contributed by atoms with Gasteiger partial charge in [-0.15, -0.1) is 0 Å². The monoisotopic (exact) mass is 219 g/mol. The first-order valence-corrected chi connectivity index (χ1v) is 5.29. The number of carbonyl (C=O) groups excluding carboxylic acids is 2. The van der Waals surface area contributed by atoms with Gasteiger partial charge in [0.15, 0.2) is 0 Å². The maximum absolute atomic E-state index is 11.3. The molecular formula is C9H17NO3S. The number of rotatable bonds is 6. The van der Waals surface area contributed by atoms with Crippen molar-refractivity contribution in [1.29, 1.82) is 0 Å². The number of unbranched alkanes of at least 4 members (excludes halogenated alkanes) is 1. The van der Waals surface area contributed by atoms with E-state index in [1.54, 1.807) is 0 Å². The fourth-order valence-corrected chi connectivity index (χ4v) is 1.08. The van der Waals surface area contributed by atoms with E-state index in [1.165, 1.54) is 6.92 Å². The van der Waals surface area contributed by atoms with Crippen LogP contribution in [0.3, 0.4) is 0 Å². The zero-order chi connectivity index (χ0) is 11.0. The Kier molecular flexibility index (Phi) is 7.28. The summed E-state index contributed by atoms with van der Waals surface area (Å²) in [5, 5.41) is 2.47. The van der Waals surface area contributed by atoms with Gasteiger partial charge in [0.05, 0.1) is 6.61 Å². The molecule has 1 atom stereocenters. The molecule has 0 spiro atoms. The molecule has 0 aromatic carbocycles. The van der Waals surface area contributed by atoms with E-state index < -0.39 is 12.0 Å². The summed E-state index contributed by atoms with van der Waals surface area (Å²) >= 11 is 3.96. The van der Waals surface area contributed by atoms with Gasteiger partial charge in [0.1, 0.15) is 6.04 Å². The van der Waals surface area contributed by atoms with Crippen molar-refractivity contribution in [1.82, 2.24) is 5.32 Å². The Morgan fingerprint density at radius 3 is 2.57 bits per heavy atom. The zero-order valence-corrected chi connectivity index (χ0v) is 9.47. The van der Waals surface area contributed by atoms with Crippen molar-refractivity contribution in [3.05, 3.63) is 0 Å². The van der Waals surface area contributed by atoms with Crippen molar-refractivity contribution in [3.8, 4) is 0 Å². The predicted molar refractivity (Wildman–Crippen MR) is 57.3 cm³/mol. The SMILES string of the molecule is CCCCOC(=O)C(CS)NC(C)=O. The van der Waals surface area contributed by atoms with Gasteiger partial charge < -0.3 is 10.1 Å². The van der Waals surface area contributed by atoms with Crippen molar-refractivity contribution in [2.75, 3.05) is 12.4 Å². The van der Waals surface area contributed by atoms with Crippen LogP contribution in [0.1, 0.15) is 26.7 Å². The molecule has 0 radical (unpaired) electrons. The third-order valence-electron chi connectivity index (χ3n) is 1.59. The fraction of sp³-hybridized carbons (Fsp3) is 0.778. The Morgan fingerprint density at radius 2 is 2.14 bits per heavy atom. The minimum absolute atomic E-state index is 0.253. The predicted octanol–water partition coefficient (Wildman–Crippen LogP) is 0.764. The number of carbonyl (C=O) groups is 2. The molecule has 0 fully saturated rings. The van der Waals surface area contributed by atoms with Gasteiger partial charge in [0, 0.05) is 12.7 Å². The molecule has 1 amide bonds. The van der Waals surface area contributed by atoms with Crippen molar-refractivity contribution in [3.63, 3.8) is 0 Å². The van der Waals surface area contributed by atoms with Gasteiger partial charge in [-0.3, -0.25) is 4.79 Å². The van der Waals surface area contributed by atoms with Gasteiger partial charge >= 0.3 is 5.97 Å². The molecule has 0 bridgehead atoms. The molecule has 5 heteroatoms. The van der Waals surface area contributed by atoms with Gasteiger partial charge in [-0.25, -0.2) is 4.79 Å². The first-order chi connectivity index (χ1) is 6.61. The summed E-state index contributed by atoms with van der Waals surface area (Å²) in [7, 11) is 0. The molecule has 0 heterocycles. The van der Waals surface area contributed by atoms with Gasteiger partial charge in [-0.1, -0.05) is 13.3 Å². The van der Waals surface area contributed by atoms with Crippen molar-refractivity contribution in [2.24, 2.45) is 0 Å². The van der Waals surface area contributed by atoms with Crippen LogP contribution < -0.4 is 5.32 Å². The van der Waals surface area contributed by atoms with E-state index >= 15 is 0 Å². The van der Waals surface area contributed by atoms with Crippen LogP contribution in [0.15, 0.2) is 0 Å². The summed E-state index contributed by atoms with van der Waals surface area (Å²) in [5.41, 5.74) is 0. The van der Waals surface area contributed by atoms with E-state index in [-0.39, 0.29) is 11.7 Å². The number of amides is 1. The highest BCUT2D eigenvalue weighted by molar-refractivity contribution is 7.80. The third kappa shape index (κ3) is 5.85. The van der Waals surface area contributed by atoms with Gasteiger partial charge in [0.2, 0.25) is 5.91 Å². The Bertz CT molecular complexity index is 196. The molecule has 0 saturated heterocycles. The smallest absolute Gasteiger partial charge is 0.329 e. The summed E-state index contributed by atoms with van der Waals surface area (Å²) in [4.78, 5) is 22.0. The zero-order valence-electron chi connectivity index (χ0n) is 8.58. The van der Waals surface area contributed by atoms with E-state index in [4.69, 9.17) is 4.74 Å². The van der Waals surface area contributed by atoms with Gasteiger partial charge in [-0.2, -0.15) is 12.6 Å². The molecule has 0 aromatic rings. The summed E-state index contributed by atoms with van der Waals surface area (Å²) in [6, 6.07) is -0.632. The van der Waals surface area contributed by atoms with Gasteiger partial charge in [-0.05, 0) is 6.42 Å². The Hall–Kier alpha value is -0.710. The summed E-state index contributed by atoms with van der Waals surface area (Å²) in [5.74, 6) is -0.412. The lowest BCUT2D eigenvalue weighted by Crippen LogP contribution is -2.42. The summed E-state index contributed by atoms with van der Waals surface area (Å²) < 4.78 is 4.93. The van der Waals surface area contributed by atoms with E-state index in [0.29, 0.717) is 6.61 Å². The van der Waals surface area contributed by atoms with Gasteiger partial charge in [0.25, 0.3) is 0 Å². The molecule has 1 unspecified atom stereocenters. The molecule has 0 rings (SSSR count). The first kappa shape index (κ1) is 13.3. The van der Waals surface area contributed by atoms with E-state index in [1.807, 2.05) is 6.92 Å². The summed E-state index contributed by atoms with van der Waals surface area (Å²) in [6.45, 7) is 3.77.